The third-order valence-electron chi connectivity index (χ3n) is 4.03. The molecule has 1 fully saturated rings. The lowest BCUT2D eigenvalue weighted by atomic mass is 9.98. The van der Waals surface area contributed by atoms with Crippen molar-refractivity contribution in [3.63, 3.8) is 0 Å². The van der Waals surface area contributed by atoms with E-state index in [1.807, 2.05) is 12.3 Å². The number of rotatable bonds is 3. The first-order chi connectivity index (χ1) is 8.72. The van der Waals surface area contributed by atoms with Crippen molar-refractivity contribution < 1.29 is 5.11 Å². The third-order valence-corrected chi connectivity index (χ3v) is 4.73. The summed E-state index contributed by atoms with van der Waals surface area (Å²) < 4.78 is 1.05. The zero-order valence-electron chi connectivity index (χ0n) is 9.94. The van der Waals surface area contributed by atoms with E-state index in [9.17, 15) is 5.11 Å². The fourth-order valence-corrected chi connectivity index (χ4v) is 3.15. The van der Waals surface area contributed by atoms with Crippen molar-refractivity contribution in [1.29, 1.82) is 0 Å². The Morgan fingerprint density at radius 2 is 2.28 bits per heavy atom. The summed E-state index contributed by atoms with van der Waals surface area (Å²) in [4.78, 5) is 4.48. The summed E-state index contributed by atoms with van der Waals surface area (Å²) >= 11 is 3.55. The molecule has 1 aliphatic rings. The number of nitrogens with zero attached hydrogens (tertiary/aromatic N) is 1. The minimum Gasteiger partial charge on any atom is -0.396 e. The van der Waals surface area contributed by atoms with E-state index in [0.717, 1.165) is 21.8 Å². The number of pyridine rings is 1. The standard InChI is InChI=1S/C14H15BrN2O/c15-12-4-3-9(11-6-14(11,7-16)8-18)13-10(12)2-1-5-17-13/h1-5,11,18H,6-8,16H2. The Bertz CT molecular complexity index is 595. The number of hydrogen-bond donors (Lipinski definition) is 2. The van der Waals surface area contributed by atoms with Gasteiger partial charge in [0.2, 0.25) is 0 Å². The minimum atomic E-state index is -0.127. The molecule has 0 saturated heterocycles. The van der Waals surface area contributed by atoms with Crippen molar-refractivity contribution in [3.8, 4) is 0 Å². The van der Waals surface area contributed by atoms with Crippen LogP contribution in [0, 0.1) is 5.41 Å². The number of hydrogen-bond acceptors (Lipinski definition) is 3. The van der Waals surface area contributed by atoms with Crippen LogP contribution in [0.15, 0.2) is 34.9 Å². The summed E-state index contributed by atoms with van der Waals surface area (Å²) in [6, 6.07) is 8.14. The molecule has 2 atom stereocenters. The summed E-state index contributed by atoms with van der Waals surface area (Å²) in [5.41, 5.74) is 7.88. The van der Waals surface area contributed by atoms with Crippen LogP contribution < -0.4 is 5.73 Å². The molecule has 2 unspecified atom stereocenters. The van der Waals surface area contributed by atoms with Gasteiger partial charge in [-0.2, -0.15) is 0 Å². The van der Waals surface area contributed by atoms with Crippen LogP contribution in [0.5, 0.6) is 0 Å². The highest BCUT2D eigenvalue weighted by atomic mass is 79.9. The fourth-order valence-electron chi connectivity index (χ4n) is 2.69. The van der Waals surface area contributed by atoms with Gasteiger partial charge in [-0.3, -0.25) is 4.98 Å². The quantitative estimate of drug-likeness (QED) is 0.915. The van der Waals surface area contributed by atoms with Crippen molar-refractivity contribution in [2.24, 2.45) is 11.1 Å². The zero-order chi connectivity index (χ0) is 12.8. The average Bonchev–Trinajstić information content (AvgIpc) is 3.15. The number of aliphatic hydroxyl groups excluding tert-OH is 1. The molecule has 94 valence electrons. The summed E-state index contributed by atoms with van der Waals surface area (Å²) in [6.07, 6.45) is 2.76. The predicted molar refractivity (Wildman–Crippen MR) is 75.4 cm³/mol. The van der Waals surface area contributed by atoms with Crippen LogP contribution in [0.3, 0.4) is 0 Å². The van der Waals surface area contributed by atoms with Crippen LogP contribution in [-0.4, -0.2) is 23.2 Å². The summed E-state index contributed by atoms with van der Waals surface area (Å²) in [5, 5.41) is 10.6. The Morgan fingerprint density at radius 3 is 2.94 bits per heavy atom. The zero-order valence-corrected chi connectivity index (χ0v) is 11.5. The first-order valence-electron chi connectivity index (χ1n) is 6.06. The SMILES string of the molecule is NCC1(CO)CC1c1ccc(Br)c2cccnc12. The maximum atomic E-state index is 9.51. The molecule has 3 N–H and O–H groups in total. The van der Waals surface area contributed by atoms with Crippen LogP contribution in [0.4, 0.5) is 0 Å². The summed E-state index contributed by atoms with van der Waals surface area (Å²) in [6.45, 7) is 0.678. The molecule has 1 aromatic carbocycles. The predicted octanol–water partition coefficient (Wildman–Crippen LogP) is 2.42. The van der Waals surface area contributed by atoms with Crippen LogP contribution in [0.2, 0.25) is 0 Å². The highest BCUT2D eigenvalue weighted by Crippen LogP contribution is 2.59. The number of benzene rings is 1. The molecular weight excluding hydrogens is 292 g/mol. The van der Waals surface area contributed by atoms with E-state index in [0.29, 0.717) is 12.5 Å². The summed E-state index contributed by atoms with van der Waals surface area (Å²) in [5.74, 6) is 0.331. The molecule has 0 radical (unpaired) electrons. The number of fused-ring (bicyclic) bond motifs is 1. The molecular formula is C14H15BrN2O. The second kappa shape index (κ2) is 4.30. The van der Waals surface area contributed by atoms with E-state index >= 15 is 0 Å². The topological polar surface area (TPSA) is 59.1 Å². The molecule has 18 heavy (non-hydrogen) atoms. The molecule has 1 aliphatic carbocycles. The maximum Gasteiger partial charge on any atom is 0.0748 e. The molecule has 0 bridgehead atoms. The molecule has 2 aromatic rings. The largest absolute Gasteiger partial charge is 0.396 e. The van der Waals surface area contributed by atoms with Crippen LogP contribution >= 0.6 is 15.9 Å². The van der Waals surface area contributed by atoms with Crippen molar-refractivity contribution in [3.05, 3.63) is 40.5 Å². The van der Waals surface area contributed by atoms with Crippen molar-refractivity contribution in [2.45, 2.75) is 12.3 Å². The van der Waals surface area contributed by atoms with Crippen LogP contribution in [0.1, 0.15) is 17.9 Å². The molecule has 3 nitrogen and oxygen atoms in total. The molecule has 0 aliphatic heterocycles. The Morgan fingerprint density at radius 1 is 1.44 bits per heavy atom. The Hall–Kier alpha value is -0.970. The molecule has 0 amide bonds. The van der Waals surface area contributed by atoms with E-state index in [4.69, 9.17) is 5.73 Å². The van der Waals surface area contributed by atoms with Crippen molar-refractivity contribution >= 4 is 26.8 Å². The van der Waals surface area contributed by atoms with Crippen molar-refractivity contribution in [2.75, 3.05) is 13.2 Å². The van der Waals surface area contributed by atoms with Crippen LogP contribution in [-0.2, 0) is 0 Å². The highest BCUT2D eigenvalue weighted by Gasteiger charge is 2.53. The van der Waals surface area contributed by atoms with E-state index in [1.165, 1.54) is 5.56 Å². The van der Waals surface area contributed by atoms with Gasteiger partial charge in [0.25, 0.3) is 0 Å². The Labute approximate surface area is 114 Å². The number of nitrogens with two attached hydrogens (primary N) is 1. The first kappa shape index (κ1) is 12.1. The van der Waals surface area contributed by atoms with Gasteiger partial charge >= 0.3 is 0 Å². The average molecular weight is 307 g/mol. The van der Waals surface area contributed by atoms with Gasteiger partial charge < -0.3 is 10.8 Å². The van der Waals surface area contributed by atoms with Gasteiger partial charge in [0.15, 0.2) is 0 Å². The molecule has 4 heteroatoms. The lowest BCUT2D eigenvalue weighted by Gasteiger charge is -2.13. The van der Waals surface area contributed by atoms with Gasteiger partial charge in [-0.05, 0) is 30.0 Å². The van der Waals surface area contributed by atoms with Gasteiger partial charge in [0.1, 0.15) is 0 Å². The minimum absolute atomic E-state index is 0.127. The second-order valence-electron chi connectivity index (χ2n) is 5.02. The number of aromatic nitrogens is 1. The van der Waals surface area contributed by atoms with Gasteiger partial charge in [0.05, 0.1) is 12.1 Å². The molecule has 3 rings (SSSR count). The van der Waals surface area contributed by atoms with Crippen LogP contribution in [0.25, 0.3) is 10.9 Å². The molecule has 1 aromatic heterocycles. The monoisotopic (exact) mass is 306 g/mol. The molecule has 0 spiro atoms. The first-order valence-corrected chi connectivity index (χ1v) is 6.85. The van der Waals surface area contributed by atoms with Gasteiger partial charge in [-0.15, -0.1) is 0 Å². The number of halogens is 1. The highest BCUT2D eigenvalue weighted by molar-refractivity contribution is 9.10. The van der Waals surface area contributed by atoms with E-state index < -0.39 is 0 Å². The lowest BCUT2D eigenvalue weighted by Crippen LogP contribution is -2.21. The van der Waals surface area contributed by atoms with Gasteiger partial charge in [-0.25, -0.2) is 0 Å². The molecule has 1 saturated carbocycles. The Balaban J connectivity index is 2.12. The second-order valence-corrected chi connectivity index (χ2v) is 5.87. The maximum absolute atomic E-state index is 9.51. The van der Waals surface area contributed by atoms with E-state index in [-0.39, 0.29) is 12.0 Å². The van der Waals surface area contributed by atoms with E-state index in [1.54, 1.807) is 0 Å². The number of aliphatic hydroxyl groups is 1. The lowest BCUT2D eigenvalue weighted by molar-refractivity contribution is 0.212. The van der Waals surface area contributed by atoms with E-state index in [2.05, 4.69) is 39.1 Å². The molecule has 1 heterocycles. The normalized spacial score (nSPS) is 26.5. The fraction of sp³-hybridized carbons (Fsp3) is 0.357. The van der Waals surface area contributed by atoms with Crippen molar-refractivity contribution in [1.82, 2.24) is 4.98 Å². The van der Waals surface area contributed by atoms with Gasteiger partial charge in [-0.1, -0.05) is 28.1 Å². The van der Waals surface area contributed by atoms with Gasteiger partial charge in [0, 0.05) is 28.0 Å². The summed E-state index contributed by atoms with van der Waals surface area (Å²) in [7, 11) is 0. The third kappa shape index (κ3) is 1.67. The smallest absolute Gasteiger partial charge is 0.0748 e. The Kier molecular flexibility index (Phi) is 2.88.